The van der Waals surface area contributed by atoms with E-state index >= 15 is 0 Å². The van der Waals surface area contributed by atoms with Crippen LogP contribution in [0.3, 0.4) is 0 Å². The van der Waals surface area contributed by atoms with E-state index in [9.17, 15) is 9.90 Å². The number of rotatable bonds is 3. The average Bonchev–Trinajstić information content (AvgIpc) is 3.06. The van der Waals surface area contributed by atoms with Gasteiger partial charge in [-0.05, 0) is 24.3 Å². The third kappa shape index (κ3) is 2.59. The molecule has 122 valence electrons. The summed E-state index contributed by atoms with van der Waals surface area (Å²) in [5.41, 5.74) is 2.16. The number of benzene rings is 1. The molecule has 7 nitrogen and oxygen atoms in total. The van der Waals surface area contributed by atoms with Gasteiger partial charge in [-0.25, -0.2) is 14.8 Å². The van der Waals surface area contributed by atoms with E-state index in [1.54, 1.807) is 18.3 Å². The van der Waals surface area contributed by atoms with Crippen LogP contribution in [0.4, 0.5) is 5.82 Å². The molecule has 0 atom stereocenters. The SMILES string of the molecule is O=C(O)c1cccc2[nH]c(-c3ccc(N4CCOCC4)nc3)nc12. The molecule has 7 heteroatoms. The van der Waals surface area contributed by atoms with E-state index < -0.39 is 5.97 Å². The van der Waals surface area contributed by atoms with E-state index in [4.69, 9.17) is 4.74 Å². The van der Waals surface area contributed by atoms with Crippen molar-refractivity contribution in [1.82, 2.24) is 15.0 Å². The van der Waals surface area contributed by atoms with Gasteiger partial charge in [0.1, 0.15) is 17.2 Å². The van der Waals surface area contributed by atoms with Gasteiger partial charge in [-0.2, -0.15) is 0 Å². The summed E-state index contributed by atoms with van der Waals surface area (Å²) in [6.07, 6.45) is 1.75. The highest BCUT2D eigenvalue weighted by Gasteiger charge is 2.15. The molecule has 0 spiro atoms. The summed E-state index contributed by atoms with van der Waals surface area (Å²) in [5.74, 6) is 0.531. The van der Waals surface area contributed by atoms with Crippen LogP contribution >= 0.6 is 0 Å². The summed E-state index contributed by atoms with van der Waals surface area (Å²) in [4.78, 5) is 25.6. The van der Waals surface area contributed by atoms with Crippen molar-refractivity contribution in [3.63, 3.8) is 0 Å². The maximum absolute atomic E-state index is 11.3. The van der Waals surface area contributed by atoms with Gasteiger partial charge in [0, 0.05) is 24.8 Å². The van der Waals surface area contributed by atoms with Crippen LogP contribution in [0, 0.1) is 0 Å². The van der Waals surface area contributed by atoms with E-state index in [1.165, 1.54) is 0 Å². The first-order valence-corrected chi connectivity index (χ1v) is 7.73. The number of para-hydroxylation sites is 1. The second kappa shape index (κ2) is 5.93. The smallest absolute Gasteiger partial charge is 0.337 e. The second-order valence-corrected chi connectivity index (χ2v) is 5.60. The number of morpholine rings is 1. The van der Waals surface area contributed by atoms with Gasteiger partial charge in [-0.1, -0.05) is 6.07 Å². The Labute approximate surface area is 137 Å². The number of carboxylic acid groups (broad SMARTS) is 1. The van der Waals surface area contributed by atoms with Crippen LogP contribution in [0.15, 0.2) is 36.5 Å². The molecule has 1 aliphatic rings. The van der Waals surface area contributed by atoms with Crippen LogP contribution in [-0.2, 0) is 4.74 Å². The van der Waals surface area contributed by atoms with Crippen molar-refractivity contribution in [1.29, 1.82) is 0 Å². The molecule has 1 saturated heterocycles. The lowest BCUT2D eigenvalue weighted by Crippen LogP contribution is -2.36. The summed E-state index contributed by atoms with van der Waals surface area (Å²) in [7, 11) is 0. The zero-order valence-electron chi connectivity index (χ0n) is 12.9. The van der Waals surface area contributed by atoms with E-state index in [0.29, 0.717) is 30.1 Å². The van der Waals surface area contributed by atoms with Crippen LogP contribution in [-0.4, -0.2) is 52.3 Å². The van der Waals surface area contributed by atoms with Crippen molar-refractivity contribution in [2.75, 3.05) is 31.2 Å². The molecule has 0 radical (unpaired) electrons. The lowest BCUT2D eigenvalue weighted by Gasteiger charge is -2.27. The number of aromatic nitrogens is 3. The number of aromatic amines is 1. The topological polar surface area (TPSA) is 91.3 Å². The molecule has 4 rings (SSSR count). The number of hydrogen-bond donors (Lipinski definition) is 2. The van der Waals surface area contributed by atoms with E-state index in [-0.39, 0.29) is 5.56 Å². The highest BCUT2D eigenvalue weighted by atomic mass is 16.5. The van der Waals surface area contributed by atoms with Crippen molar-refractivity contribution in [3.05, 3.63) is 42.1 Å². The number of fused-ring (bicyclic) bond motifs is 1. The van der Waals surface area contributed by atoms with E-state index in [0.717, 1.165) is 24.5 Å². The Balaban J connectivity index is 1.67. The summed E-state index contributed by atoms with van der Waals surface area (Å²) in [5, 5.41) is 9.26. The lowest BCUT2D eigenvalue weighted by molar-refractivity contribution is 0.0699. The van der Waals surface area contributed by atoms with Crippen molar-refractivity contribution >= 4 is 22.8 Å². The van der Waals surface area contributed by atoms with Crippen molar-refractivity contribution in [2.45, 2.75) is 0 Å². The minimum Gasteiger partial charge on any atom is -0.478 e. The number of nitrogens with zero attached hydrogens (tertiary/aromatic N) is 3. The number of carbonyl (C=O) groups is 1. The Morgan fingerprint density at radius 1 is 1.21 bits per heavy atom. The Kier molecular flexibility index (Phi) is 3.62. The quantitative estimate of drug-likeness (QED) is 0.767. The van der Waals surface area contributed by atoms with Crippen LogP contribution in [0.1, 0.15) is 10.4 Å². The first-order chi connectivity index (χ1) is 11.7. The van der Waals surface area contributed by atoms with E-state index in [1.807, 2.05) is 18.2 Å². The predicted molar refractivity (Wildman–Crippen MR) is 89.3 cm³/mol. The fourth-order valence-corrected chi connectivity index (χ4v) is 2.85. The first kappa shape index (κ1) is 14.6. The van der Waals surface area contributed by atoms with Crippen molar-refractivity contribution in [3.8, 4) is 11.4 Å². The van der Waals surface area contributed by atoms with Gasteiger partial charge in [-0.3, -0.25) is 0 Å². The second-order valence-electron chi connectivity index (χ2n) is 5.60. The maximum atomic E-state index is 11.3. The zero-order valence-corrected chi connectivity index (χ0v) is 12.9. The largest absolute Gasteiger partial charge is 0.478 e. The molecular weight excluding hydrogens is 308 g/mol. The Morgan fingerprint density at radius 3 is 2.75 bits per heavy atom. The number of imidazole rings is 1. The normalized spacial score (nSPS) is 14.9. The molecule has 24 heavy (non-hydrogen) atoms. The number of nitrogens with one attached hydrogen (secondary N) is 1. The van der Waals surface area contributed by atoms with Crippen molar-refractivity contribution in [2.24, 2.45) is 0 Å². The molecular formula is C17H16N4O3. The summed E-state index contributed by atoms with van der Waals surface area (Å²) < 4.78 is 5.35. The van der Waals surface area contributed by atoms with Crippen LogP contribution in [0.2, 0.25) is 0 Å². The van der Waals surface area contributed by atoms with Gasteiger partial charge >= 0.3 is 5.97 Å². The minimum atomic E-state index is -0.987. The molecule has 3 aromatic rings. The third-order valence-electron chi connectivity index (χ3n) is 4.10. The number of H-pyrrole nitrogens is 1. The van der Waals surface area contributed by atoms with Crippen molar-refractivity contribution < 1.29 is 14.6 Å². The minimum absolute atomic E-state index is 0.188. The predicted octanol–water partition coefficient (Wildman–Crippen LogP) is 2.16. The fraction of sp³-hybridized carbons (Fsp3) is 0.235. The Hall–Kier alpha value is -2.93. The molecule has 3 heterocycles. The molecule has 1 aromatic carbocycles. The standard InChI is InChI=1S/C17H16N4O3/c22-17(23)12-2-1-3-13-15(12)20-16(19-13)11-4-5-14(18-10-11)21-6-8-24-9-7-21/h1-5,10H,6-9H2,(H,19,20)(H,22,23). The zero-order chi connectivity index (χ0) is 16.5. The molecule has 2 N–H and O–H groups in total. The molecule has 0 bridgehead atoms. The molecule has 0 saturated carbocycles. The van der Waals surface area contributed by atoms with Gasteiger partial charge in [0.2, 0.25) is 0 Å². The highest BCUT2D eigenvalue weighted by Crippen LogP contribution is 2.24. The van der Waals surface area contributed by atoms with E-state index in [2.05, 4.69) is 19.9 Å². The number of pyridine rings is 1. The number of carboxylic acids is 1. The molecule has 0 amide bonds. The van der Waals surface area contributed by atoms with Crippen LogP contribution in [0.5, 0.6) is 0 Å². The number of aromatic carboxylic acids is 1. The van der Waals surface area contributed by atoms with Gasteiger partial charge in [0.15, 0.2) is 0 Å². The van der Waals surface area contributed by atoms with Gasteiger partial charge in [0.25, 0.3) is 0 Å². The molecule has 0 aliphatic carbocycles. The van der Waals surface area contributed by atoms with Gasteiger partial charge in [-0.15, -0.1) is 0 Å². The summed E-state index contributed by atoms with van der Waals surface area (Å²) in [6, 6.07) is 8.96. The Bertz CT molecular complexity index is 882. The van der Waals surface area contributed by atoms with Crippen LogP contribution in [0.25, 0.3) is 22.4 Å². The summed E-state index contributed by atoms with van der Waals surface area (Å²) in [6.45, 7) is 3.09. The first-order valence-electron chi connectivity index (χ1n) is 7.73. The molecule has 0 unspecified atom stereocenters. The maximum Gasteiger partial charge on any atom is 0.337 e. The number of ether oxygens (including phenoxy) is 1. The number of hydrogen-bond acceptors (Lipinski definition) is 5. The summed E-state index contributed by atoms with van der Waals surface area (Å²) >= 11 is 0. The monoisotopic (exact) mass is 324 g/mol. The van der Waals surface area contributed by atoms with Crippen LogP contribution < -0.4 is 4.90 Å². The third-order valence-corrected chi connectivity index (χ3v) is 4.10. The van der Waals surface area contributed by atoms with Gasteiger partial charge in [0.05, 0.1) is 24.3 Å². The fourth-order valence-electron chi connectivity index (χ4n) is 2.85. The number of anilines is 1. The highest BCUT2D eigenvalue weighted by molar-refractivity contribution is 6.01. The molecule has 1 fully saturated rings. The Morgan fingerprint density at radius 2 is 2.04 bits per heavy atom. The lowest BCUT2D eigenvalue weighted by atomic mass is 10.2. The van der Waals surface area contributed by atoms with Gasteiger partial charge < -0.3 is 19.7 Å². The molecule has 2 aromatic heterocycles. The average molecular weight is 324 g/mol. The molecule has 1 aliphatic heterocycles.